The third kappa shape index (κ3) is 3.40. The van der Waals surface area contributed by atoms with E-state index in [1.807, 2.05) is 0 Å². The third-order valence-corrected chi connectivity index (χ3v) is 2.32. The summed E-state index contributed by atoms with van der Waals surface area (Å²) in [6.45, 7) is 0. The quantitative estimate of drug-likeness (QED) is 0.635. The van der Waals surface area contributed by atoms with Gasteiger partial charge in [-0.05, 0) is 6.07 Å². The highest BCUT2D eigenvalue weighted by Gasteiger charge is 2.36. The first-order valence-electron chi connectivity index (χ1n) is 5.06. The lowest BCUT2D eigenvalue weighted by Crippen LogP contribution is -2.15. The molecule has 0 unspecified atom stereocenters. The number of nitriles is 1. The van der Waals surface area contributed by atoms with Crippen molar-refractivity contribution < 1.29 is 31.5 Å². The van der Waals surface area contributed by atoms with Crippen LogP contribution in [0.2, 0.25) is 0 Å². The van der Waals surface area contributed by atoms with Crippen LogP contribution in [0.1, 0.15) is 28.9 Å². The second-order valence-corrected chi connectivity index (χ2v) is 3.58. The van der Waals surface area contributed by atoms with Gasteiger partial charge in [-0.3, -0.25) is 4.79 Å². The smallest absolute Gasteiger partial charge is 0.419 e. The van der Waals surface area contributed by atoms with Crippen molar-refractivity contribution in [2.24, 2.45) is 0 Å². The van der Waals surface area contributed by atoms with Crippen LogP contribution in [0.15, 0.2) is 6.07 Å². The van der Waals surface area contributed by atoms with Gasteiger partial charge in [0.1, 0.15) is 6.07 Å². The molecule has 0 N–H and O–H groups in total. The van der Waals surface area contributed by atoms with Crippen molar-refractivity contribution in [3.8, 4) is 6.07 Å². The van der Waals surface area contributed by atoms with Gasteiger partial charge in [0.25, 0.3) is 6.43 Å². The lowest BCUT2D eigenvalue weighted by molar-refractivity contribution is -0.139. The summed E-state index contributed by atoms with van der Waals surface area (Å²) in [6, 6.07) is 1.31. The topological polar surface area (TPSA) is 63.0 Å². The highest BCUT2D eigenvalue weighted by Crippen LogP contribution is 2.34. The molecule has 0 fully saturated rings. The summed E-state index contributed by atoms with van der Waals surface area (Å²) in [7, 11) is 0.986. The fourth-order valence-electron chi connectivity index (χ4n) is 1.41. The Bertz CT molecular complexity index is 563. The molecule has 0 saturated heterocycles. The Morgan fingerprint density at radius 2 is 2.10 bits per heavy atom. The van der Waals surface area contributed by atoms with Gasteiger partial charge in [-0.2, -0.15) is 18.4 Å². The number of ether oxygens (including phenoxy) is 1. The first-order valence-corrected chi connectivity index (χ1v) is 5.06. The molecule has 0 saturated carbocycles. The second-order valence-electron chi connectivity index (χ2n) is 3.58. The minimum absolute atomic E-state index is 0.133. The van der Waals surface area contributed by atoms with E-state index in [9.17, 15) is 26.7 Å². The minimum Gasteiger partial charge on any atom is -0.469 e. The lowest BCUT2D eigenvalue weighted by atomic mass is 10.1. The summed E-state index contributed by atoms with van der Waals surface area (Å²) in [4.78, 5) is 14.2. The van der Waals surface area contributed by atoms with Gasteiger partial charge in [0, 0.05) is 5.56 Å². The molecule has 0 aliphatic heterocycles. The Morgan fingerprint density at radius 3 is 2.50 bits per heavy atom. The third-order valence-electron chi connectivity index (χ3n) is 2.32. The van der Waals surface area contributed by atoms with E-state index < -0.39 is 47.5 Å². The normalized spacial score (nSPS) is 11.3. The van der Waals surface area contributed by atoms with Crippen molar-refractivity contribution in [1.29, 1.82) is 5.26 Å². The van der Waals surface area contributed by atoms with Gasteiger partial charge in [0.15, 0.2) is 5.69 Å². The van der Waals surface area contributed by atoms with E-state index >= 15 is 0 Å². The standard InChI is InChI=1S/C11H7F5N2O2/c1-20-9(19)3-7-5(10(12)13)2-6(11(14,15)16)8(4-17)18-7/h2,10H,3H2,1H3. The van der Waals surface area contributed by atoms with Crippen molar-refractivity contribution in [2.75, 3.05) is 7.11 Å². The van der Waals surface area contributed by atoms with Crippen molar-refractivity contribution in [1.82, 2.24) is 4.98 Å². The summed E-state index contributed by atoms with van der Waals surface area (Å²) >= 11 is 0. The molecule has 0 aromatic carbocycles. The van der Waals surface area contributed by atoms with Gasteiger partial charge in [0.05, 0.1) is 24.8 Å². The van der Waals surface area contributed by atoms with E-state index in [4.69, 9.17) is 5.26 Å². The number of carbonyl (C=O) groups is 1. The molecule has 1 heterocycles. The Labute approximate surface area is 109 Å². The molecule has 1 aromatic heterocycles. The first-order chi connectivity index (χ1) is 9.20. The Balaban J connectivity index is 3.46. The van der Waals surface area contributed by atoms with Crippen LogP contribution >= 0.6 is 0 Å². The Hall–Kier alpha value is -2.24. The molecule has 1 aromatic rings. The van der Waals surface area contributed by atoms with E-state index in [0.29, 0.717) is 0 Å². The zero-order chi connectivity index (χ0) is 15.5. The highest BCUT2D eigenvalue weighted by atomic mass is 19.4. The number of alkyl halides is 5. The molecule has 9 heteroatoms. The molecule has 4 nitrogen and oxygen atoms in total. The molecule has 0 aliphatic rings. The number of hydrogen-bond acceptors (Lipinski definition) is 4. The van der Waals surface area contributed by atoms with Gasteiger partial charge < -0.3 is 4.74 Å². The number of rotatable bonds is 3. The van der Waals surface area contributed by atoms with E-state index in [0.717, 1.165) is 7.11 Å². The molecule has 0 amide bonds. The van der Waals surface area contributed by atoms with E-state index in [2.05, 4.69) is 9.72 Å². The summed E-state index contributed by atoms with van der Waals surface area (Å²) in [5, 5.41) is 8.61. The van der Waals surface area contributed by atoms with Crippen LogP contribution in [-0.2, 0) is 22.1 Å². The summed E-state index contributed by atoms with van der Waals surface area (Å²) < 4.78 is 67.6. The van der Waals surface area contributed by atoms with Crippen molar-refractivity contribution >= 4 is 5.97 Å². The summed E-state index contributed by atoms with van der Waals surface area (Å²) in [5.74, 6) is -0.956. The first kappa shape index (κ1) is 15.8. The SMILES string of the molecule is COC(=O)Cc1nc(C#N)c(C(F)(F)F)cc1C(F)F. The van der Waals surface area contributed by atoms with E-state index in [1.54, 1.807) is 0 Å². The Morgan fingerprint density at radius 1 is 1.50 bits per heavy atom. The highest BCUT2D eigenvalue weighted by molar-refractivity contribution is 5.72. The molecule has 0 radical (unpaired) electrons. The summed E-state index contributed by atoms with van der Waals surface area (Å²) in [5.41, 5.74) is -4.30. The number of nitrogens with zero attached hydrogens (tertiary/aromatic N) is 2. The molecule has 0 spiro atoms. The molecule has 0 atom stereocenters. The largest absolute Gasteiger partial charge is 0.469 e. The molecule has 0 aliphatic carbocycles. The molecular weight excluding hydrogens is 287 g/mol. The number of carbonyl (C=O) groups excluding carboxylic acids is 1. The second kappa shape index (κ2) is 5.81. The van der Waals surface area contributed by atoms with Crippen LogP contribution < -0.4 is 0 Å². The lowest BCUT2D eigenvalue weighted by Gasteiger charge is -2.13. The molecule has 1 rings (SSSR count). The maximum Gasteiger partial charge on any atom is 0.419 e. The van der Waals surface area contributed by atoms with Crippen molar-refractivity contribution in [3.05, 3.63) is 28.6 Å². The van der Waals surface area contributed by atoms with Crippen LogP contribution in [0.25, 0.3) is 0 Å². The number of hydrogen-bond donors (Lipinski definition) is 0. The average molecular weight is 294 g/mol. The monoisotopic (exact) mass is 294 g/mol. The number of pyridine rings is 1. The number of halogens is 5. The minimum atomic E-state index is -4.99. The maximum atomic E-state index is 12.7. The predicted octanol–water partition coefficient (Wildman–Crippen LogP) is 2.63. The Kier molecular flexibility index (Phi) is 4.60. The number of aromatic nitrogens is 1. The summed E-state index contributed by atoms with van der Waals surface area (Å²) in [6.07, 6.45) is -9.01. The van der Waals surface area contributed by atoms with Gasteiger partial charge in [-0.25, -0.2) is 13.8 Å². The molecule has 0 bridgehead atoms. The zero-order valence-electron chi connectivity index (χ0n) is 9.96. The van der Waals surface area contributed by atoms with Gasteiger partial charge >= 0.3 is 12.1 Å². The average Bonchev–Trinajstić information content (AvgIpc) is 2.36. The van der Waals surface area contributed by atoms with Crippen LogP contribution in [0.5, 0.6) is 0 Å². The van der Waals surface area contributed by atoms with E-state index in [-0.39, 0.29) is 6.07 Å². The van der Waals surface area contributed by atoms with Gasteiger partial charge in [-0.1, -0.05) is 0 Å². The predicted molar refractivity (Wildman–Crippen MR) is 54.6 cm³/mol. The van der Waals surface area contributed by atoms with Crippen LogP contribution in [0, 0.1) is 11.3 Å². The van der Waals surface area contributed by atoms with Gasteiger partial charge in [-0.15, -0.1) is 0 Å². The zero-order valence-corrected chi connectivity index (χ0v) is 9.96. The number of methoxy groups -OCH3 is 1. The molecule has 108 valence electrons. The van der Waals surface area contributed by atoms with Gasteiger partial charge in [0.2, 0.25) is 0 Å². The maximum absolute atomic E-state index is 12.7. The molecular formula is C11H7F5N2O2. The number of esters is 1. The molecule has 20 heavy (non-hydrogen) atoms. The fraction of sp³-hybridized carbons (Fsp3) is 0.364. The van der Waals surface area contributed by atoms with Crippen LogP contribution in [0.4, 0.5) is 22.0 Å². The van der Waals surface area contributed by atoms with Crippen LogP contribution in [0.3, 0.4) is 0 Å². The van der Waals surface area contributed by atoms with E-state index in [1.165, 1.54) is 6.07 Å². The van der Waals surface area contributed by atoms with Crippen molar-refractivity contribution in [2.45, 2.75) is 19.0 Å². The fourth-order valence-corrected chi connectivity index (χ4v) is 1.41. The van der Waals surface area contributed by atoms with Crippen LogP contribution in [-0.4, -0.2) is 18.1 Å². The van der Waals surface area contributed by atoms with Crippen molar-refractivity contribution in [3.63, 3.8) is 0 Å².